The van der Waals surface area contributed by atoms with Crippen LogP contribution in [0.2, 0.25) is 0 Å². The lowest BCUT2D eigenvalue weighted by molar-refractivity contribution is -0.137. The molecule has 0 amide bonds. The zero-order valence-corrected chi connectivity index (χ0v) is 17.1. The number of carbonyl (C=O) groups excluding carboxylic acids is 2. The maximum Gasteiger partial charge on any atom is 0.417 e. The summed E-state index contributed by atoms with van der Waals surface area (Å²) in [6.07, 6.45) is -3.29. The van der Waals surface area contributed by atoms with Gasteiger partial charge in [-0.05, 0) is 42.0 Å². The van der Waals surface area contributed by atoms with E-state index in [1.165, 1.54) is 37.5 Å². The van der Waals surface area contributed by atoms with E-state index >= 15 is 0 Å². The van der Waals surface area contributed by atoms with Gasteiger partial charge in [-0.25, -0.2) is 0 Å². The lowest BCUT2D eigenvalue weighted by Gasteiger charge is -2.14. The number of nitrogens with zero attached hydrogens (tertiary/aromatic N) is 1. The van der Waals surface area contributed by atoms with Gasteiger partial charge in [0, 0.05) is 11.1 Å². The van der Waals surface area contributed by atoms with E-state index in [0.717, 1.165) is 12.1 Å². The van der Waals surface area contributed by atoms with Crippen molar-refractivity contribution in [1.82, 2.24) is 0 Å². The first-order valence-corrected chi connectivity index (χ1v) is 9.60. The van der Waals surface area contributed by atoms with E-state index in [9.17, 15) is 22.8 Å². The van der Waals surface area contributed by atoms with Crippen LogP contribution < -0.4 is 9.47 Å². The Morgan fingerprint density at radius 2 is 1.58 bits per heavy atom. The number of methoxy groups -OCH3 is 1. The molecule has 3 aromatic rings. The average molecular weight is 449 g/mol. The second-order valence-electron chi connectivity index (χ2n) is 7.09. The third-order valence-corrected chi connectivity index (χ3v) is 5.05. The Morgan fingerprint density at radius 1 is 0.909 bits per heavy atom. The number of hydrogen-bond acceptors (Lipinski definition) is 5. The molecule has 5 nitrogen and oxygen atoms in total. The van der Waals surface area contributed by atoms with Gasteiger partial charge in [0.2, 0.25) is 0 Å². The molecule has 0 aliphatic heterocycles. The number of alkyl halides is 3. The van der Waals surface area contributed by atoms with Crippen LogP contribution >= 0.6 is 0 Å². The Labute approximate surface area is 186 Å². The fraction of sp³-hybridized carbons (Fsp3) is 0.0800. The zero-order valence-electron chi connectivity index (χ0n) is 17.1. The molecule has 0 atom stereocenters. The third kappa shape index (κ3) is 4.08. The predicted molar refractivity (Wildman–Crippen MR) is 112 cm³/mol. The van der Waals surface area contributed by atoms with Crippen molar-refractivity contribution < 1.29 is 32.2 Å². The molecule has 0 saturated carbocycles. The number of rotatable bonds is 4. The maximum atomic E-state index is 13.2. The van der Waals surface area contributed by atoms with Crippen LogP contribution in [0.4, 0.5) is 13.2 Å². The summed E-state index contributed by atoms with van der Waals surface area (Å²) >= 11 is 0. The Hall–Kier alpha value is -4.38. The summed E-state index contributed by atoms with van der Waals surface area (Å²) in [7, 11) is 1.35. The SMILES string of the molecule is COc1cc(C=C2C(=O)c3ccccc3C2=O)ccc1Oc1ccc(C#N)c(C(F)(F)F)c1. The summed E-state index contributed by atoms with van der Waals surface area (Å²) in [5, 5.41) is 8.92. The highest BCUT2D eigenvalue weighted by Crippen LogP contribution is 2.38. The van der Waals surface area contributed by atoms with E-state index in [-0.39, 0.29) is 34.4 Å². The van der Waals surface area contributed by atoms with Gasteiger partial charge < -0.3 is 9.47 Å². The summed E-state index contributed by atoms with van der Waals surface area (Å²) in [6, 6.07) is 15.5. The van der Waals surface area contributed by atoms with E-state index < -0.39 is 17.3 Å². The molecule has 0 aromatic heterocycles. The van der Waals surface area contributed by atoms with Crippen LogP contribution in [-0.4, -0.2) is 18.7 Å². The van der Waals surface area contributed by atoms with E-state index in [1.54, 1.807) is 30.3 Å². The second kappa shape index (κ2) is 8.28. The van der Waals surface area contributed by atoms with Crippen LogP contribution in [0.3, 0.4) is 0 Å². The van der Waals surface area contributed by atoms with Crippen molar-refractivity contribution in [2.75, 3.05) is 7.11 Å². The fourth-order valence-corrected chi connectivity index (χ4v) is 3.47. The molecule has 0 N–H and O–H groups in total. The highest BCUT2D eigenvalue weighted by molar-refractivity contribution is 6.41. The second-order valence-corrected chi connectivity index (χ2v) is 7.09. The first-order valence-electron chi connectivity index (χ1n) is 9.60. The molecule has 33 heavy (non-hydrogen) atoms. The molecule has 3 aromatic carbocycles. The predicted octanol–water partition coefficient (Wildman–Crippen LogP) is 5.84. The van der Waals surface area contributed by atoms with E-state index in [0.29, 0.717) is 16.7 Å². The fourth-order valence-electron chi connectivity index (χ4n) is 3.47. The number of Topliss-reactive ketones (excluding diaryl/α,β-unsaturated/α-hetero) is 2. The van der Waals surface area contributed by atoms with Gasteiger partial charge in [0.05, 0.1) is 29.9 Å². The van der Waals surface area contributed by atoms with Crippen molar-refractivity contribution in [3.63, 3.8) is 0 Å². The largest absolute Gasteiger partial charge is 0.493 e. The first-order chi connectivity index (χ1) is 15.7. The van der Waals surface area contributed by atoms with Gasteiger partial charge in [0.1, 0.15) is 5.75 Å². The normalized spacial score (nSPS) is 12.9. The molecule has 164 valence electrons. The number of fused-ring (bicyclic) bond motifs is 1. The molecule has 8 heteroatoms. The van der Waals surface area contributed by atoms with Gasteiger partial charge >= 0.3 is 6.18 Å². The molecule has 1 aliphatic rings. The number of carbonyl (C=O) groups is 2. The topological polar surface area (TPSA) is 76.4 Å². The van der Waals surface area contributed by atoms with E-state index in [2.05, 4.69) is 0 Å². The van der Waals surface area contributed by atoms with Gasteiger partial charge in [-0.3, -0.25) is 9.59 Å². The van der Waals surface area contributed by atoms with Crippen molar-refractivity contribution in [2.24, 2.45) is 0 Å². The number of nitriles is 1. The summed E-state index contributed by atoms with van der Waals surface area (Å²) in [6.45, 7) is 0. The summed E-state index contributed by atoms with van der Waals surface area (Å²) in [5.41, 5.74) is -0.478. The lowest BCUT2D eigenvalue weighted by Crippen LogP contribution is -2.08. The molecule has 0 spiro atoms. The van der Waals surface area contributed by atoms with Crippen LogP contribution in [0.25, 0.3) is 6.08 Å². The van der Waals surface area contributed by atoms with Gasteiger partial charge in [-0.1, -0.05) is 30.3 Å². The Bertz CT molecular complexity index is 1330. The highest BCUT2D eigenvalue weighted by atomic mass is 19.4. The maximum absolute atomic E-state index is 13.2. The molecule has 0 unspecified atom stereocenters. The molecule has 0 fully saturated rings. The molecule has 0 bridgehead atoms. The lowest BCUT2D eigenvalue weighted by atomic mass is 10.1. The van der Waals surface area contributed by atoms with Crippen molar-refractivity contribution in [1.29, 1.82) is 5.26 Å². The van der Waals surface area contributed by atoms with Crippen molar-refractivity contribution >= 4 is 17.6 Å². The number of ether oxygens (including phenoxy) is 2. The van der Waals surface area contributed by atoms with Gasteiger partial charge in [0.25, 0.3) is 0 Å². The van der Waals surface area contributed by atoms with Crippen molar-refractivity contribution in [3.8, 4) is 23.3 Å². The van der Waals surface area contributed by atoms with Crippen molar-refractivity contribution in [3.05, 3.63) is 94.1 Å². The molecule has 0 radical (unpaired) electrons. The molecule has 0 saturated heterocycles. The number of allylic oxidation sites excluding steroid dienone is 1. The Morgan fingerprint density at radius 3 is 2.15 bits per heavy atom. The van der Waals surface area contributed by atoms with Crippen LogP contribution in [0.5, 0.6) is 17.2 Å². The van der Waals surface area contributed by atoms with E-state index in [1.807, 2.05) is 0 Å². The van der Waals surface area contributed by atoms with E-state index in [4.69, 9.17) is 14.7 Å². The van der Waals surface area contributed by atoms with Gasteiger partial charge in [0.15, 0.2) is 23.1 Å². The van der Waals surface area contributed by atoms with Crippen LogP contribution in [0.15, 0.2) is 66.2 Å². The third-order valence-electron chi connectivity index (χ3n) is 5.05. The summed E-state index contributed by atoms with van der Waals surface area (Å²) < 4.78 is 50.5. The Kier molecular flexibility index (Phi) is 5.48. The first kappa shape index (κ1) is 21.8. The highest BCUT2D eigenvalue weighted by Gasteiger charge is 2.34. The minimum atomic E-state index is -4.72. The number of benzene rings is 3. The molecule has 0 heterocycles. The molecule has 4 rings (SSSR count). The monoisotopic (exact) mass is 449 g/mol. The van der Waals surface area contributed by atoms with Gasteiger partial charge in [-0.15, -0.1) is 0 Å². The van der Waals surface area contributed by atoms with Crippen LogP contribution in [0.1, 0.15) is 37.4 Å². The van der Waals surface area contributed by atoms with Crippen molar-refractivity contribution in [2.45, 2.75) is 6.18 Å². The summed E-state index contributed by atoms with van der Waals surface area (Å²) in [5.74, 6) is -0.607. The molecular formula is C25H14F3NO4. The number of ketones is 2. The number of halogens is 3. The van der Waals surface area contributed by atoms with Crippen LogP contribution in [0, 0.1) is 11.3 Å². The quantitative estimate of drug-likeness (QED) is 0.369. The van der Waals surface area contributed by atoms with Gasteiger partial charge in [-0.2, -0.15) is 18.4 Å². The smallest absolute Gasteiger partial charge is 0.417 e. The molecule has 1 aliphatic carbocycles. The minimum Gasteiger partial charge on any atom is -0.493 e. The average Bonchev–Trinajstić information content (AvgIpc) is 3.04. The number of hydrogen-bond donors (Lipinski definition) is 0. The van der Waals surface area contributed by atoms with Crippen LogP contribution in [-0.2, 0) is 6.18 Å². The Balaban J connectivity index is 1.66. The molecular weight excluding hydrogens is 435 g/mol. The summed E-state index contributed by atoms with van der Waals surface area (Å²) in [4.78, 5) is 25.2. The zero-order chi connectivity index (χ0) is 23.8. The standard InChI is InChI=1S/C25H14F3NO4/c1-32-22-11-14(10-19-23(30)17-4-2-3-5-18(17)24(19)31)6-9-21(22)33-16-8-7-15(13-29)20(12-16)25(26,27)28/h2-12H,1H3. The minimum absolute atomic E-state index is 0.00818.